The van der Waals surface area contributed by atoms with E-state index in [4.69, 9.17) is 10.5 Å². The number of amides is 1. The van der Waals surface area contributed by atoms with E-state index in [1.807, 2.05) is 19.1 Å². The second kappa shape index (κ2) is 7.31. The van der Waals surface area contributed by atoms with Crippen molar-refractivity contribution >= 4 is 33.2 Å². The average Bonchev–Trinajstić information content (AvgIpc) is 2.54. The lowest BCUT2D eigenvalue weighted by Crippen LogP contribution is -2.26. The predicted molar refractivity (Wildman–Crippen MR) is 94.1 cm³/mol. The van der Waals surface area contributed by atoms with Gasteiger partial charge in [0.05, 0.1) is 22.5 Å². The SMILES string of the molecule is COc1ccc(C(C)NC(=O)c2ccc(N)c([N+](=O)[O-])c2)cc1Br. The lowest BCUT2D eigenvalue weighted by molar-refractivity contribution is -0.383. The molecule has 8 heteroatoms. The first-order chi connectivity index (χ1) is 11.3. The maximum absolute atomic E-state index is 12.3. The van der Waals surface area contributed by atoms with Gasteiger partial charge < -0.3 is 15.8 Å². The van der Waals surface area contributed by atoms with Gasteiger partial charge in [0.1, 0.15) is 11.4 Å². The van der Waals surface area contributed by atoms with E-state index >= 15 is 0 Å². The number of methoxy groups -OCH3 is 1. The Bertz CT molecular complexity index is 795. The second-order valence-corrected chi connectivity index (χ2v) is 5.97. The molecule has 0 aromatic heterocycles. The minimum Gasteiger partial charge on any atom is -0.496 e. The van der Waals surface area contributed by atoms with Crippen LogP contribution < -0.4 is 15.8 Å². The summed E-state index contributed by atoms with van der Waals surface area (Å²) in [6, 6.07) is 9.14. The van der Waals surface area contributed by atoms with Gasteiger partial charge in [-0.15, -0.1) is 0 Å². The summed E-state index contributed by atoms with van der Waals surface area (Å²) in [7, 11) is 1.57. The van der Waals surface area contributed by atoms with Crippen molar-refractivity contribution in [2.75, 3.05) is 12.8 Å². The summed E-state index contributed by atoms with van der Waals surface area (Å²) >= 11 is 3.39. The molecule has 0 bridgehead atoms. The fraction of sp³-hybridized carbons (Fsp3) is 0.188. The fourth-order valence-corrected chi connectivity index (χ4v) is 2.72. The first-order valence-electron chi connectivity index (χ1n) is 7.01. The Hall–Kier alpha value is -2.61. The molecule has 2 rings (SSSR count). The van der Waals surface area contributed by atoms with Gasteiger partial charge in [-0.1, -0.05) is 6.07 Å². The highest BCUT2D eigenvalue weighted by Gasteiger charge is 2.17. The number of nitrogens with one attached hydrogen (secondary N) is 1. The number of hydrogen-bond donors (Lipinski definition) is 2. The van der Waals surface area contributed by atoms with E-state index in [0.717, 1.165) is 10.0 Å². The molecular weight excluding hydrogens is 378 g/mol. The summed E-state index contributed by atoms with van der Waals surface area (Å²) in [6.07, 6.45) is 0. The molecular formula is C16H16BrN3O4. The van der Waals surface area contributed by atoms with Crippen molar-refractivity contribution in [3.8, 4) is 5.75 Å². The van der Waals surface area contributed by atoms with Crippen LogP contribution in [0.25, 0.3) is 0 Å². The van der Waals surface area contributed by atoms with E-state index in [2.05, 4.69) is 21.2 Å². The van der Waals surface area contributed by atoms with Gasteiger partial charge >= 0.3 is 0 Å². The first kappa shape index (κ1) is 17.7. The zero-order valence-electron chi connectivity index (χ0n) is 13.1. The van der Waals surface area contributed by atoms with Crippen LogP contribution in [0.1, 0.15) is 28.9 Å². The van der Waals surface area contributed by atoms with Crippen molar-refractivity contribution in [3.63, 3.8) is 0 Å². The molecule has 2 aromatic rings. The lowest BCUT2D eigenvalue weighted by Gasteiger charge is -2.16. The molecule has 0 saturated heterocycles. The average molecular weight is 394 g/mol. The Morgan fingerprint density at radius 1 is 1.33 bits per heavy atom. The maximum Gasteiger partial charge on any atom is 0.292 e. The summed E-state index contributed by atoms with van der Waals surface area (Å²) in [5.41, 5.74) is 6.30. The van der Waals surface area contributed by atoms with Crippen molar-refractivity contribution in [2.45, 2.75) is 13.0 Å². The highest BCUT2D eigenvalue weighted by molar-refractivity contribution is 9.10. The van der Waals surface area contributed by atoms with Gasteiger partial charge in [-0.25, -0.2) is 0 Å². The molecule has 0 aliphatic rings. The molecule has 1 atom stereocenters. The van der Waals surface area contributed by atoms with Crippen molar-refractivity contribution < 1.29 is 14.5 Å². The standard InChI is InChI=1S/C16H16BrN3O4/c1-9(10-4-6-15(24-2)12(17)7-10)19-16(21)11-3-5-13(18)14(8-11)20(22)23/h3-9H,18H2,1-2H3,(H,19,21). The topological polar surface area (TPSA) is 107 Å². The maximum atomic E-state index is 12.3. The van der Waals surface area contributed by atoms with Gasteiger partial charge in [0.25, 0.3) is 11.6 Å². The number of carbonyl (C=O) groups is 1. The summed E-state index contributed by atoms with van der Waals surface area (Å²) < 4.78 is 5.94. The highest BCUT2D eigenvalue weighted by atomic mass is 79.9. The van der Waals surface area contributed by atoms with Crippen LogP contribution in [0.2, 0.25) is 0 Å². The molecule has 0 aliphatic heterocycles. The van der Waals surface area contributed by atoms with Gasteiger partial charge in [0.2, 0.25) is 0 Å². The normalized spacial score (nSPS) is 11.6. The summed E-state index contributed by atoms with van der Waals surface area (Å²) in [4.78, 5) is 22.6. The number of nitrogens with two attached hydrogens (primary N) is 1. The molecule has 24 heavy (non-hydrogen) atoms. The Morgan fingerprint density at radius 3 is 2.62 bits per heavy atom. The summed E-state index contributed by atoms with van der Waals surface area (Å²) in [6.45, 7) is 1.82. The van der Waals surface area contributed by atoms with Crippen molar-refractivity contribution in [3.05, 3.63) is 62.1 Å². The molecule has 126 valence electrons. The summed E-state index contributed by atoms with van der Waals surface area (Å²) in [5.74, 6) is 0.268. The minimum absolute atomic E-state index is 0.0173. The largest absolute Gasteiger partial charge is 0.496 e. The van der Waals surface area contributed by atoms with E-state index in [1.54, 1.807) is 13.2 Å². The van der Waals surface area contributed by atoms with Crippen LogP contribution in [0, 0.1) is 10.1 Å². The number of nitro benzene ring substituents is 1. The van der Waals surface area contributed by atoms with E-state index in [-0.39, 0.29) is 23.0 Å². The molecule has 0 saturated carbocycles. The number of nitrogens with zero attached hydrogens (tertiary/aromatic N) is 1. The number of rotatable bonds is 5. The Morgan fingerprint density at radius 2 is 2.04 bits per heavy atom. The van der Waals surface area contributed by atoms with Gasteiger partial charge in [0, 0.05) is 11.6 Å². The quantitative estimate of drug-likeness (QED) is 0.459. The van der Waals surface area contributed by atoms with Gasteiger partial charge in [0.15, 0.2) is 0 Å². The Balaban J connectivity index is 2.18. The molecule has 2 aromatic carbocycles. The lowest BCUT2D eigenvalue weighted by atomic mass is 10.1. The van der Waals surface area contributed by atoms with E-state index < -0.39 is 10.8 Å². The molecule has 0 radical (unpaired) electrons. The third-order valence-electron chi connectivity index (χ3n) is 3.51. The molecule has 1 unspecified atom stereocenters. The molecule has 0 heterocycles. The van der Waals surface area contributed by atoms with Crippen molar-refractivity contribution in [2.24, 2.45) is 0 Å². The second-order valence-electron chi connectivity index (χ2n) is 5.12. The van der Waals surface area contributed by atoms with E-state index in [1.165, 1.54) is 18.2 Å². The first-order valence-corrected chi connectivity index (χ1v) is 7.81. The van der Waals surface area contributed by atoms with Crippen LogP contribution in [0.15, 0.2) is 40.9 Å². The minimum atomic E-state index is -0.615. The van der Waals surface area contributed by atoms with Crippen LogP contribution in [0.4, 0.5) is 11.4 Å². The number of carbonyl (C=O) groups excluding carboxylic acids is 1. The monoisotopic (exact) mass is 393 g/mol. The Labute approximate surface area is 147 Å². The van der Waals surface area contributed by atoms with Crippen LogP contribution in [-0.4, -0.2) is 17.9 Å². The third kappa shape index (κ3) is 3.83. The number of nitrogen functional groups attached to an aromatic ring is 1. The van der Waals surface area contributed by atoms with Crippen molar-refractivity contribution in [1.82, 2.24) is 5.32 Å². The predicted octanol–water partition coefficient (Wildman–Crippen LogP) is 3.44. The molecule has 0 fully saturated rings. The molecule has 1 amide bonds. The van der Waals surface area contributed by atoms with Crippen LogP contribution in [0.5, 0.6) is 5.75 Å². The van der Waals surface area contributed by atoms with Crippen LogP contribution >= 0.6 is 15.9 Å². The molecule has 0 aliphatic carbocycles. The van der Waals surface area contributed by atoms with Gasteiger partial charge in [-0.05, 0) is 52.7 Å². The number of ether oxygens (including phenoxy) is 1. The number of anilines is 1. The van der Waals surface area contributed by atoms with E-state index in [0.29, 0.717) is 5.75 Å². The number of hydrogen-bond acceptors (Lipinski definition) is 5. The fourth-order valence-electron chi connectivity index (χ4n) is 2.16. The third-order valence-corrected chi connectivity index (χ3v) is 4.13. The number of nitro groups is 1. The highest BCUT2D eigenvalue weighted by Crippen LogP contribution is 2.28. The summed E-state index contributed by atoms with van der Waals surface area (Å²) in [5, 5.41) is 13.7. The van der Waals surface area contributed by atoms with Gasteiger partial charge in [-0.2, -0.15) is 0 Å². The Kier molecular flexibility index (Phi) is 5.40. The van der Waals surface area contributed by atoms with Crippen molar-refractivity contribution in [1.29, 1.82) is 0 Å². The molecule has 0 spiro atoms. The van der Waals surface area contributed by atoms with Crippen LogP contribution in [0.3, 0.4) is 0 Å². The molecule has 3 N–H and O–H groups in total. The van der Waals surface area contributed by atoms with Gasteiger partial charge in [-0.3, -0.25) is 14.9 Å². The number of halogens is 1. The zero-order chi connectivity index (χ0) is 17.9. The van der Waals surface area contributed by atoms with Crippen LogP contribution in [-0.2, 0) is 0 Å². The molecule has 7 nitrogen and oxygen atoms in total. The van der Waals surface area contributed by atoms with E-state index in [9.17, 15) is 14.9 Å². The zero-order valence-corrected chi connectivity index (χ0v) is 14.7. The smallest absolute Gasteiger partial charge is 0.292 e. The number of benzene rings is 2.